The maximum atomic E-state index is 13.1. The van der Waals surface area contributed by atoms with Crippen LogP contribution in [0.1, 0.15) is 45.6 Å². The Morgan fingerprint density at radius 3 is 2.35 bits per heavy atom. The van der Waals surface area contributed by atoms with E-state index in [9.17, 15) is 9.59 Å². The van der Waals surface area contributed by atoms with E-state index in [0.717, 1.165) is 5.56 Å². The van der Waals surface area contributed by atoms with Crippen molar-refractivity contribution < 1.29 is 14.3 Å². The molecule has 2 aromatic carbocycles. The third kappa shape index (κ3) is 8.08. The summed E-state index contributed by atoms with van der Waals surface area (Å²) in [4.78, 5) is 27.5. The second-order valence-corrected chi connectivity index (χ2v) is 8.45. The molecule has 2 aromatic rings. The quantitative estimate of drug-likeness (QED) is 0.447. The van der Waals surface area contributed by atoms with E-state index >= 15 is 0 Å². The summed E-state index contributed by atoms with van der Waals surface area (Å²) in [6.07, 6.45) is 1.31. The van der Waals surface area contributed by atoms with E-state index in [0.29, 0.717) is 35.2 Å². The fourth-order valence-electron chi connectivity index (χ4n) is 3.20. The third-order valence-electron chi connectivity index (χ3n) is 4.73. The van der Waals surface area contributed by atoms with Gasteiger partial charge in [0.15, 0.2) is 0 Å². The van der Waals surface area contributed by atoms with E-state index in [4.69, 9.17) is 27.9 Å². The molecule has 0 bridgehead atoms. The Hall–Kier alpha value is -2.24. The van der Waals surface area contributed by atoms with Gasteiger partial charge in [0.2, 0.25) is 11.8 Å². The highest BCUT2D eigenvalue weighted by Crippen LogP contribution is 2.21. The second-order valence-electron chi connectivity index (χ2n) is 7.61. The van der Waals surface area contributed by atoms with Crippen LogP contribution in [-0.2, 0) is 16.1 Å². The number of hydrogen-bond donors (Lipinski definition) is 1. The van der Waals surface area contributed by atoms with Crippen LogP contribution in [0, 0.1) is 0 Å². The van der Waals surface area contributed by atoms with E-state index in [1.807, 2.05) is 39.0 Å². The summed E-state index contributed by atoms with van der Waals surface area (Å²) in [5.74, 6) is 0.438. The molecule has 2 amide bonds. The van der Waals surface area contributed by atoms with Gasteiger partial charge >= 0.3 is 0 Å². The van der Waals surface area contributed by atoms with Crippen LogP contribution in [0.15, 0.2) is 48.5 Å². The number of halogens is 2. The molecule has 1 atom stereocenters. The molecule has 0 fully saturated rings. The molecule has 7 heteroatoms. The third-order valence-corrected chi connectivity index (χ3v) is 5.35. The van der Waals surface area contributed by atoms with Gasteiger partial charge in [0.1, 0.15) is 11.8 Å². The van der Waals surface area contributed by atoms with Gasteiger partial charge in [-0.25, -0.2) is 0 Å². The van der Waals surface area contributed by atoms with Crippen molar-refractivity contribution in [2.24, 2.45) is 0 Å². The molecule has 0 heterocycles. The van der Waals surface area contributed by atoms with E-state index < -0.39 is 6.04 Å². The largest absolute Gasteiger partial charge is 0.494 e. The normalized spacial score (nSPS) is 11.8. The first-order chi connectivity index (χ1) is 14.8. The van der Waals surface area contributed by atoms with Gasteiger partial charge in [0, 0.05) is 29.1 Å². The van der Waals surface area contributed by atoms with Gasteiger partial charge in [-0.1, -0.05) is 48.3 Å². The van der Waals surface area contributed by atoms with E-state index in [1.54, 1.807) is 35.2 Å². The summed E-state index contributed by atoms with van der Waals surface area (Å²) >= 11 is 12.2. The Morgan fingerprint density at radius 2 is 1.74 bits per heavy atom. The maximum Gasteiger partial charge on any atom is 0.243 e. The molecular formula is C24H30Cl2N2O3. The van der Waals surface area contributed by atoms with Crippen LogP contribution >= 0.6 is 23.2 Å². The molecule has 0 unspecified atom stereocenters. The number of amides is 2. The Balaban J connectivity index is 2.06. The SMILES string of the molecule is CC[C@@H](C(=O)NC(C)C)N(Cc1ccccc1Cl)C(=O)CCCOc1ccc(Cl)cc1. The number of ether oxygens (including phenoxy) is 1. The van der Waals surface area contributed by atoms with Crippen molar-refractivity contribution >= 4 is 35.0 Å². The molecule has 0 saturated heterocycles. The molecule has 168 valence electrons. The van der Waals surface area contributed by atoms with Crippen molar-refractivity contribution in [1.82, 2.24) is 10.2 Å². The fourth-order valence-corrected chi connectivity index (χ4v) is 3.52. The van der Waals surface area contributed by atoms with Crippen LogP contribution in [0.2, 0.25) is 10.0 Å². The lowest BCUT2D eigenvalue weighted by molar-refractivity contribution is -0.141. The van der Waals surface area contributed by atoms with Crippen molar-refractivity contribution in [2.45, 2.75) is 58.7 Å². The first-order valence-electron chi connectivity index (χ1n) is 10.5. The van der Waals surface area contributed by atoms with Crippen molar-refractivity contribution in [3.8, 4) is 5.75 Å². The summed E-state index contributed by atoms with van der Waals surface area (Å²) in [7, 11) is 0. The molecule has 0 aromatic heterocycles. The van der Waals surface area contributed by atoms with E-state index in [2.05, 4.69) is 5.32 Å². The van der Waals surface area contributed by atoms with Crippen LogP contribution in [-0.4, -0.2) is 35.4 Å². The molecule has 0 aliphatic heterocycles. The highest BCUT2D eigenvalue weighted by atomic mass is 35.5. The second kappa shape index (κ2) is 12.6. The lowest BCUT2D eigenvalue weighted by Gasteiger charge is -2.31. The van der Waals surface area contributed by atoms with Gasteiger partial charge in [-0.3, -0.25) is 9.59 Å². The minimum absolute atomic E-state index is 0.00779. The molecule has 0 aliphatic carbocycles. The number of carbonyl (C=O) groups is 2. The highest BCUT2D eigenvalue weighted by Gasteiger charge is 2.29. The van der Waals surface area contributed by atoms with Crippen molar-refractivity contribution in [2.75, 3.05) is 6.61 Å². The molecule has 0 spiro atoms. The van der Waals surface area contributed by atoms with Gasteiger partial charge in [-0.05, 0) is 62.6 Å². The van der Waals surface area contributed by atoms with Gasteiger partial charge in [0.25, 0.3) is 0 Å². The summed E-state index contributed by atoms with van der Waals surface area (Å²) < 4.78 is 5.69. The zero-order valence-electron chi connectivity index (χ0n) is 18.2. The fraction of sp³-hybridized carbons (Fsp3) is 0.417. The number of nitrogens with one attached hydrogen (secondary N) is 1. The van der Waals surface area contributed by atoms with Crippen LogP contribution in [0.25, 0.3) is 0 Å². The van der Waals surface area contributed by atoms with E-state index in [-0.39, 0.29) is 30.8 Å². The Morgan fingerprint density at radius 1 is 1.06 bits per heavy atom. The minimum Gasteiger partial charge on any atom is -0.494 e. The Kier molecular flexibility index (Phi) is 10.2. The molecule has 0 aliphatic rings. The Bertz CT molecular complexity index is 856. The lowest BCUT2D eigenvalue weighted by Crippen LogP contribution is -2.50. The molecule has 5 nitrogen and oxygen atoms in total. The monoisotopic (exact) mass is 464 g/mol. The predicted molar refractivity (Wildman–Crippen MR) is 126 cm³/mol. The number of carbonyl (C=O) groups excluding carboxylic acids is 2. The number of rotatable bonds is 11. The van der Waals surface area contributed by atoms with Crippen LogP contribution in [0.5, 0.6) is 5.75 Å². The van der Waals surface area contributed by atoms with Gasteiger partial charge in [0.05, 0.1) is 6.61 Å². The minimum atomic E-state index is -0.566. The topological polar surface area (TPSA) is 58.6 Å². The van der Waals surface area contributed by atoms with Crippen LogP contribution < -0.4 is 10.1 Å². The average Bonchev–Trinajstić information content (AvgIpc) is 2.73. The van der Waals surface area contributed by atoms with Gasteiger partial charge in [-0.2, -0.15) is 0 Å². The lowest BCUT2D eigenvalue weighted by atomic mass is 10.1. The van der Waals surface area contributed by atoms with Gasteiger partial charge < -0.3 is 15.0 Å². The summed E-state index contributed by atoms with van der Waals surface area (Å²) in [6, 6.07) is 13.9. The molecule has 1 N–H and O–H groups in total. The Labute approximate surface area is 194 Å². The smallest absolute Gasteiger partial charge is 0.243 e. The number of benzene rings is 2. The average molecular weight is 465 g/mol. The standard InChI is InChI=1S/C24H30Cl2N2O3/c1-4-22(24(30)27-17(2)3)28(16-18-8-5-6-9-21(18)26)23(29)10-7-15-31-20-13-11-19(25)12-14-20/h5-6,8-9,11-14,17,22H,4,7,10,15-16H2,1-3H3,(H,27,30)/t22-/m0/s1. The van der Waals surface area contributed by atoms with Crippen molar-refractivity contribution in [3.05, 3.63) is 64.1 Å². The molecule has 0 radical (unpaired) electrons. The van der Waals surface area contributed by atoms with Crippen LogP contribution in [0.4, 0.5) is 0 Å². The molecular weight excluding hydrogens is 435 g/mol. The predicted octanol–water partition coefficient (Wildman–Crippen LogP) is 5.48. The number of hydrogen-bond acceptors (Lipinski definition) is 3. The van der Waals surface area contributed by atoms with Gasteiger partial charge in [-0.15, -0.1) is 0 Å². The van der Waals surface area contributed by atoms with Crippen LogP contribution in [0.3, 0.4) is 0 Å². The zero-order valence-corrected chi connectivity index (χ0v) is 19.7. The first kappa shape index (κ1) is 25.0. The summed E-state index contributed by atoms with van der Waals surface area (Å²) in [5.41, 5.74) is 0.811. The molecule has 0 saturated carbocycles. The van der Waals surface area contributed by atoms with E-state index in [1.165, 1.54) is 0 Å². The molecule has 2 rings (SSSR count). The maximum absolute atomic E-state index is 13.1. The van der Waals surface area contributed by atoms with Crippen molar-refractivity contribution in [3.63, 3.8) is 0 Å². The first-order valence-corrected chi connectivity index (χ1v) is 11.3. The summed E-state index contributed by atoms with van der Waals surface area (Å²) in [6.45, 7) is 6.38. The zero-order chi connectivity index (χ0) is 22.8. The number of nitrogens with zero attached hydrogens (tertiary/aromatic N) is 1. The van der Waals surface area contributed by atoms with Crippen molar-refractivity contribution in [1.29, 1.82) is 0 Å². The highest BCUT2D eigenvalue weighted by molar-refractivity contribution is 6.31. The summed E-state index contributed by atoms with van der Waals surface area (Å²) in [5, 5.41) is 4.14. The molecule has 31 heavy (non-hydrogen) atoms.